The number of pyridine rings is 1. The van der Waals surface area contributed by atoms with E-state index in [2.05, 4.69) is 14.5 Å². The molecule has 10 heteroatoms. The smallest absolute Gasteiger partial charge is 0.466 e. The summed E-state index contributed by atoms with van der Waals surface area (Å²) in [7, 11) is 0. The molecule has 1 heterocycles. The molecule has 0 bridgehead atoms. The number of nitrogens with zero attached hydrogens (tertiary/aromatic N) is 1. The molecule has 0 aliphatic heterocycles. The van der Waals surface area contributed by atoms with Gasteiger partial charge in [0.15, 0.2) is 5.75 Å². The maximum atomic E-state index is 13.0. The van der Waals surface area contributed by atoms with E-state index < -0.39 is 48.7 Å². The van der Waals surface area contributed by atoms with Crippen LogP contribution in [0.1, 0.15) is 30.3 Å². The Hall–Kier alpha value is -1.97. The van der Waals surface area contributed by atoms with Gasteiger partial charge in [-0.15, -0.1) is 13.2 Å². The number of esters is 1. The average Bonchev–Trinajstić information content (AvgIpc) is 2.38. The Labute approximate surface area is 122 Å². The zero-order chi connectivity index (χ0) is 16.9. The van der Waals surface area contributed by atoms with Gasteiger partial charge in [0.05, 0.1) is 30.0 Å². The molecule has 0 saturated heterocycles. The normalized spacial score (nSPS) is 11.6. The number of alkyl halides is 5. The summed E-state index contributed by atoms with van der Waals surface area (Å²) < 4.78 is 71.0. The van der Waals surface area contributed by atoms with E-state index in [4.69, 9.17) is 5.73 Å². The lowest BCUT2D eigenvalue weighted by Crippen LogP contribution is -2.21. The fraction of sp³-hybridized carbons (Fsp3) is 0.500. The summed E-state index contributed by atoms with van der Waals surface area (Å²) in [5.41, 5.74) is 3.49. The minimum Gasteiger partial charge on any atom is -0.466 e. The zero-order valence-electron chi connectivity index (χ0n) is 11.4. The van der Waals surface area contributed by atoms with Crippen LogP contribution in [0.15, 0.2) is 6.07 Å². The molecule has 0 fully saturated rings. The first-order valence-corrected chi connectivity index (χ1v) is 6.10. The number of rotatable bonds is 6. The van der Waals surface area contributed by atoms with Crippen LogP contribution in [-0.4, -0.2) is 23.9 Å². The van der Waals surface area contributed by atoms with Crippen LogP contribution in [0.4, 0.5) is 22.0 Å². The minimum atomic E-state index is -5.17. The van der Waals surface area contributed by atoms with E-state index in [0.717, 1.165) is 0 Å². The van der Waals surface area contributed by atoms with Gasteiger partial charge in [-0.1, -0.05) is 0 Å². The summed E-state index contributed by atoms with van der Waals surface area (Å²) >= 11 is 0. The molecule has 0 aromatic carbocycles. The maximum absolute atomic E-state index is 13.0. The first kappa shape index (κ1) is 18.1. The quantitative estimate of drug-likeness (QED) is 0.641. The van der Waals surface area contributed by atoms with E-state index in [0.29, 0.717) is 6.07 Å². The monoisotopic (exact) mass is 328 g/mol. The molecule has 5 nitrogen and oxygen atoms in total. The van der Waals surface area contributed by atoms with Gasteiger partial charge >= 0.3 is 12.3 Å². The Morgan fingerprint density at radius 2 is 2.05 bits per heavy atom. The Bertz CT molecular complexity index is 534. The summed E-state index contributed by atoms with van der Waals surface area (Å²) in [6.45, 7) is 1.04. The van der Waals surface area contributed by atoms with Gasteiger partial charge < -0.3 is 15.2 Å². The van der Waals surface area contributed by atoms with Crippen LogP contribution in [0, 0.1) is 0 Å². The van der Waals surface area contributed by atoms with Crippen molar-refractivity contribution in [1.82, 2.24) is 4.98 Å². The molecule has 124 valence electrons. The predicted octanol–water partition coefficient (Wildman–Crippen LogP) is 2.48. The van der Waals surface area contributed by atoms with Gasteiger partial charge in [0.2, 0.25) is 0 Å². The zero-order valence-corrected chi connectivity index (χ0v) is 11.4. The number of halogens is 5. The highest BCUT2D eigenvalue weighted by atomic mass is 19.4. The van der Waals surface area contributed by atoms with Gasteiger partial charge in [-0.3, -0.25) is 9.78 Å². The number of ether oxygens (including phenoxy) is 2. The van der Waals surface area contributed by atoms with Gasteiger partial charge in [-0.25, -0.2) is 8.78 Å². The number of carbonyl (C=O) groups is 1. The Morgan fingerprint density at radius 1 is 1.41 bits per heavy atom. The van der Waals surface area contributed by atoms with Crippen LogP contribution in [0.2, 0.25) is 0 Å². The van der Waals surface area contributed by atoms with Gasteiger partial charge in [0.1, 0.15) is 0 Å². The van der Waals surface area contributed by atoms with Crippen LogP contribution in [-0.2, 0) is 22.5 Å². The van der Waals surface area contributed by atoms with Crippen molar-refractivity contribution in [3.63, 3.8) is 0 Å². The van der Waals surface area contributed by atoms with Crippen LogP contribution >= 0.6 is 0 Å². The fourth-order valence-corrected chi connectivity index (χ4v) is 1.65. The molecule has 0 spiro atoms. The van der Waals surface area contributed by atoms with Crippen LogP contribution in [0.25, 0.3) is 0 Å². The van der Waals surface area contributed by atoms with Crippen molar-refractivity contribution in [2.24, 2.45) is 5.73 Å². The third-order valence-electron chi connectivity index (χ3n) is 2.40. The van der Waals surface area contributed by atoms with Crippen molar-refractivity contribution in [2.75, 3.05) is 6.61 Å². The highest BCUT2D eigenvalue weighted by molar-refractivity contribution is 5.72. The van der Waals surface area contributed by atoms with Crippen LogP contribution in [0.5, 0.6) is 5.75 Å². The Kier molecular flexibility index (Phi) is 6.03. The van der Waals surface area contributed by atoms with Gasteiger partial charge in [0, 0.05) is 6.54 Å². The van der Waals surface area contributed by atoms with E-state index in [1.54, 1.807) is 6.92 Å². The molecule has 1 aromatic heterocycles. The van der Waals surface area contributed by atoms with Crippen molar-refractivity contribution in [2.45, 2.75) is 32.7 Å². The third-order valence-corrected chi connectivity index (χ3v) is 2.40. The topological polar surface area (TPSA) is 74.4 Å². The lowest BCUT2D eigenvalue weighted by Gasteiger charge is -2.17. The van der Waals surface area contributed by atoms with E-state index in [9.17, 15) is 26.7 Å². The van der Waals surface area contributed by atoms with Gasteiger partial charge in [-0.2, -0.15) is 0 Å². The molecule has 0 amide bonds. The molecule has 0 atom stereocenters. The minimum absolute atomic E-state index is 0.0690. The molecule has 0 aliphatic rings. The summed E-state index contributed by atoms with van der Waals surface area (Å²) in [4.78, 5) is 15.0. The second kappa shape index (κ2) is 7.34. The van der Waals surface area contributed by atoms with Gasteiger partial charge in [0.25, 0.3) is 6.43 Å². The average molecular weight is 328 g/mol. The van der Waals surface area contributed by atoms with E-state index >= 15 is 0 Å². The number of hydrogen-bond donors (Lipinski definition) is 1. The lowest BCUT2D eigenvalue weighted by atomic mass is 10.1. The Morgan fingerprint density at radius 3 is 2.50 bits per heavy atom. The van der Waals surface area contributed by atoms with Gasteiger partial charge in [-0.05, 0) is 13.0 Å². The molecule has 2 N–H and O–H groups in total. The SMILES string of the molecule is CCOC(=O)Cc1cc(C(F)F)c(OC(F)(F)F)c(CN)n1. The summed E-state index contributed by atoms with van der Waals surface area (Å²) in [6.07, 6.45) is -8.89. The highest BCUT2D eigenvalue weighted by Gasteiger charge is 2.35. The lowest BCUT2D eigenvalue weighted by molar-refractivity contribution is -0.275. The van der Waals surface area contributed by atoms with Crippen molar-refractivity contribution in [1.29, 1.82) is 0 Å². The highest BCUT2D eigenvalue weighted by Crippen LogP contribution is 2.35. The first-order valence-electron chi connectivity index (χ1n) is 6.10. The van der Waals surface area contributed by atoms with Crippen LogP contribution in [0.3, 0.4) is 0 Å². The van der Waals surface area contributed by atoms with Crippen LogP contribution < -0.4 is 10.5 Å². The van der Waals surface area contributed by atoms with E-state index in [1.807, 2.05) is 0 Å². The molecular weight excluding hydrogens is 315 g/mol. The standard InChI is InChI=1S/C12H13F5N2O3/c1-2-21-9(20)4-6-3-7(11(13)14)10(8(5-18)19-6)22-12(15,16)17/h3,11H,2,4-5,18H2,1H3. The molecule has 0 aliphatic carbocycles. The molecule has 22 heavy (non-hydrogen) atoms. The molecular formula is C12H13F5N2O3. The summed E-state index contributed by atoms with van der Waals surface area (Å²) in [6, 6.07) is 0.668. The predicted molar refractivity (Wildman–Crippen MR) is 64.1 cm³/mol. The third kappa shape index (κ3) is 5.10. The summed E-state index contributed by atoms with van der Waals surface area (Å²) in [5, 5.41) is 0. The first-order chi connectivity index (χ1) is 10.2. The number of nitrogens with two attached hydrogens (primary N) is 1. The van der Waals surface area contributed by atoms with Crippen molar-refractivity contribution < 1.29 is 36.2 Å². The largest absolute Gasteiger partial charge is 0.573 e. The second-order valence-electron chi connectivity index (χ2n) is 4.01. The summed E-state index contributed by atoms with van der Waals surface area (Å²) in [5.74, 6) is -1.89. The second-order valence-corrected chi connectivity index (χ2v) is 4.01. The van der Waals surface area contributed by atoms with E-state index in [-0.39, 0.29) is 12.3 Å². The van der Waals surface area contributed by atoms with Crippen molar-refractivity contribution in [3.8, 4) is 5.75 Å². The molecule has 0 saturated carbocycles. The number of hydrogen-bond acceptors (Lipinski definition) is 5. The Balaban J connectivity index is 3.25. The van der Waals surface area contributed by atoms with E-state index in [1.165, 1.54) is 0 Å². The molecule has 1 rings (SSSR count). The molecule has 0 radical (unpaired) electrons. The van der Waals surface area contributed by atoms with Crippen molar-refractivity contribution >= 4 is 5.97 Å². The number of aromatic nitrogens is 1. The van der Waals surface area contributed by atoms with Crippen molar-refractivity contribution in [3.05, 3.63) is 23.0 Å². The molecule has 0 unspecified atom stereocenters. The number of carbonyl (C=O) groups excluding carboxylic acids is 1. The fourth-order valence-electron chi connectivity index (χ4n) is 1.65. The maximum Gasteiger partial charge on any atom is 0.573 e. The molecule has 1 aromatic rings.